The number of rotatable bonds is 4. The highest BCUT2D eigenvalue weighted by molar-refractivity contribution is 5.95. The summed E-state index contributed by atoms with van der Waals surface area (Å²) in [5.74, 6) is -1.25. The summed E-state index contributed by atoms with van der Waals surface area (Å²) >= 11 is 0. The first kappa shape index (κ1) is 16.1. The van der Waals surface area contributed by atoms with Crippen molar-refractivity contribution in [3.8, 4) is 11.1 Å². The van der Waals surface area contributed by atoms with E-state index in [9.17, 15) is 14.0 Å². The Balaban J connectivity index is 1.72. The number of anilines is 1. The maximum Gasteiger partial charge on any atom is 0.323 e. The van der Waals surface area contributed by atoms with E-state index in [2.05, 4.69) is 10.1 Å². The molecule has 0 aliphatic heterocycles. The molecule has 1 amide bonds. The Labute approximate surface area is 138 Å². The van der Waals surface area contributed by atoms with Crippen LogP contribution in [0.1, 0.15) is 17.5 Å². The van der Waals surface area contributed by atoms with E-state index in [1.165, 1.54) is 19.2 Å². The van der Waals surface area contributed by atoms with Crippen molar-refractivity contribution in [1.82, 2.24) is 0 Å². The van der Waals surface area contributed by atoms with Crippen LogP contribution >= 0.6 is 0 Å². The predicted octanol–water partition coefficient (Wildman–Crippen LogP) is 2.23. The number of carbonyl (C=O) groups is 2. The first-order chi connectivity index (χ1) is 11.5. The number of benzene rings is 2. The topological polar surface area (TPSA) is 81.4 Å². The minimum Gasteiger partial charge on any atom is -0.468 e. The summed E-state index contributed by atoms with van der Waals surface area (Å²) in [7, 11) is 1.22. The van der Waals surface area contributed by atoms with Crippen molar-refractivity contribution >= 4 is 17.6 Å². The summed E-state index contributed by atoms with van der Waals surface area (Å²) in [6.07, 6.45) is 0.461. The molecule has 0 fully saturated rings. The van der Waals surface area contributed by atoms with Crippen LogP contribution in [0, 0.1) is 5.82 Å². The lowest BCUT2D eigenvalue weighted by Gasteiger charge is -2.10. The van der Waals surface area contributed by atoms with Crippen LogP contribution in [0.3, 0.4) is 0 Å². The number of amides is 1. The minimum atomic E-state index is -0.989. The molecule has 0 spiro atoms. The molecule has 2 aromatic rings. The fourth-order valence-electron chi connectivity index (χ4n) is 2.90. The van der Waals surface area contributed by atoms with Gasteiger partial charge >= 0.3 is 5.97 Å². The first-order valence-electron chi connectivity index (χ1n) is 7.53. The molecule has 124 valence electrons. The maximum atomic E-state index is 13.3. The van der Waals surface area contributed by atoms with E-state index in [0.717, 1.165) is 22.3 Å². The third kappa shape index (κ3) is 3.14. The van der Waals surface area contributed by atoms with Gasteiger partial charge in [0.05, 0.1) is 13.5 Å². The summed E-state index contributed by atoms with van der Waals surface area (Å²) in [6.45, 7) is 0. The van der Waals surface area contributed by atoms with Crippen molar-refractivity contribution < 1.29 is 18.7 Å². The van der Waals surface area contributed by atoms with Crippen LogP contribution in [0.15, 0.2) is 36.4 Å². The molecular formula is C18H17FN2O3. The van der Waals surface area contributed by atoms with E-state index in [4.69, 9.17) is 5.73 Å². The molecule has 3 rings (SSSR count). The first-order valence-corrected chi connectivity index (χ1v) is 7.53. The lowest BCUT2D eigenvalue weighted by molar-refractivity contribution is -0.143. The Morgan fingerprint density at radius 3 is 2.58 bits per heavy atom. The number of nitrogens with two attached hydrogens (primary N) is 1. The van der Waals surface area contributed by atoms with Crippen molar-refractivity contribution in [2.24, 2.45) is 5.73 Å². The highest BCUT2D eigenvalue weighted by atomic mass is 19.1. The zero-order valence-corrected chi connectivity index (χ0v) is 13.1. The van der Waals surface area contributed by atoms with Gasteiger partial charge in [-0.3, -0.25) is 9.59 Å². The molecule has 1 unspecified atom stereocenters. The fraction of sp³-hybridized carbons (Fsp3) is 0.222. The van der Waals surface area contributed by atoms with E-state index in [-0.39, 0.29) is 18.1 Å². The maximum absolute atomic E-state index is 13.3. The van der Waals surface area contributed by atoms with Crippen molar-refractivity contribution in [2.45, 2.75) is 18.9 Å². The molecule has 24 heavy (non-hydrogen) atoms. The standard InChI is InChI=1S/C18H17FN2O3/c1-24-18(23)16(20)9-17(22)21-13-3-5-15-11(8-13)6-10-7-12(19)2-4-14(10)15/h2-5,7-8,16H,6,9,20H2,1H3,(H,21,22). The molecule has 5 nitrogen and oxygen atoms in total. The van der Waals surface area contributed by atoms with Gasteiger partial charge in [0.1, 0.15) is 11.9 Å². The van der Waals surface area contributed by atoms with E-state index >= 15 is 0 Å². The molecule has 3 N–H and O–H groups in total. The van der Waals surface area contributed by atoms with Crippen molar-refractivity contribution in [3.63, 3.8) is 0 Å². The van der Waals surface area contributed by atoms with Gasteiger partial charge in [-0.05, 0) is 52.9 Å². The highest BCUT2D eigenvalue weighted by Crippen LogP contribution is 2.38. The Morgan fingerprint density at radius 1 is 1.21 bits per heavy atom. The summed E-state index contributed by atoms with van der Waals surface area (Å²) in [6, 6.07) is 9.28. The van der Waals surface area contributed by atoms with Gasteiger partial charge in [0.25, 0.3) is 0 Å². The van der Waals surface area contributed by atoms with Crippen molar-refractivity contribution in [2.75, 3.05) is 12.4 Å². The van der Waals surface area contributed by atoms with E-state index < -0.39 is 12.0 Å². The van der Waals surface area contributed by atoms with E-state index in [0.29, 0.717) is 12.1 Å². The number of hydrogen-bond acceptors (Lipinski definition) is 4. The highest BCUT2D eigenvalue weighted by Gasteiger charge is 2.21. The van der Waals surface area contributed by atoms with Crippen LogP contribution in [0.4, 0.5) is 10.1 Å². The monoisotopic (exact) mass is 328 g/mol. The Morgan fingerprint density at radius 2 is 1.88 bits per heavy atom. The van der Waals surface area contributed by atoms with Gasteiger partial charge in [-0.2, -0.15) is 0 Å². The normalized spacial score (nSPS) is 13.0. The van der Waals surface area contributed by atoms with Crippen LogP contribution in [0.2, 0.25) is 0 Å². The fourth-order valence-corrected chi connectivity index (χ4v) is 2.90. The van der Waals surface area contributed by atoms with Gasteiger partial charge in [0.2, 0.25) is 5.91 Å². The van der Waals surface area contributed by atoms with Gasteiger partial charge < -0.3 is 15.8 Å². The average molecular weight is 328 g/mol. The lowest BCUT2D eigenvalue weighted by atomic mass is 10.1. The second-order valence-electron chi connectivity index (χ2n) is 5.73. The van der Waals surface area contributed by atoms with Crippen molar-refractivity contribution in [1.29, 1.82) is 0 Å². The van der Waals surface area contributed by atoms with Gasteiger partial charge in [-0.1, -0.05) is 12.1 Å². The molecule has 0 saturated carbocycles. The number of hydrogen-bond donors (Lipinski definition) is 2. The van der Waals surface area contributed by atoms with Crippen LogP contribution in [-0.4, -0.2) is 25.0 Å². The minimum absolute atomic E-state index is 0.158. The van der Waals surface area contributed by atoms with E-state index in [1.807, 2.05) is 12.1 Å². The molecule has 0 bridgehead atoms. The molecule has 1 aliphatic carbocycles. The van der Waals surface area contributed by atoms with Gasteiger partial charge in [0, 0.05) is 5.69 Å². The van der Waals surface area contributed by atoms with Crippen molar-refractivity contribution in [3.05, 3.63) is 53.3 Å². The molecular weight excluding hydrogens is 311 g/mol. The third-order valence-electron chi connectivity index (χ3n) is 4.04. The zero-order chi connectivity index (χ0) is 17.3. The van der Waals surface area contributed by atoms with E-state index in [1.54, 1.807) is 12.1 Å². The number of halogens is 1. The summed E-state index contributed by atoms with van der Waals surface area (Å²) in [4.78, 5) is 23.2. The Kier molecular flexibility index (Phi) is 4.31. The summed E-state index contributed by atoms with van der Waals surface area (Å²) in [5.41, 5.74) is 10.2. The largest absolute Gasteiger partial charge is 0.468 e. The zero-order valence-electron chi connectivity index (χ0n) is 13.1. The number of carbonyl (C=O) groups excluding carboxylic acids is 2. The van der Waals surface area contributed by atoms with Gasteiger partial charge in [-0.15, -0.1) is 0 Å². The number of ether oxygens (including phenoxy) is 1. The SMILES string of the molecule is COC(=O)C(N)CC(=O)Nc1ccc2c(c1)Cc1cc(F)ccc1-2. The van der Waals surface area contributed by atoms with Gasteiger partial charge in [-0.25, -0.2) is 4.39 Å². The number of esters is 1. The van der Waals surface area contributed by atoms with Gasteiger partial charge in [0.15, 0.2) is 0 Å². The molecule has 1 aliphatic rings. The molecule has 1 atom stereocenters. The lowest BCUT2D eigenvalue weighted by Crippen LogP contribution is -2.35. The van der Waals surface area contributed by atoms with Crippen LogP contribution in [0.25, 0.3) is 11.1 Å². The average Bonchev–Trinajstić information content (AvgIpc) is 2.90. The third-order valence-corrected chi connectivity index (χ3v) is 4.04. The summed E-state index contributed by atoms with van der Waals surface area (Å²) in [5, 5.41) is 2.72. The number of fused-ring (bicyclic) bond motifs is 3. The molecule has 2 aromatic carbocycles. The predicted molar refractivity (Wildman–Crippen MR) is 87.9 cm³/mol. The summed E-state index contributed by atoms with van der Waals surface area (Å²) < 4.78 is 17.8. The van der Waals surface area contributed by atoms with Crippen LogP contribution in [-0.2, 0) is 20.7 Å². The Hall–Kier alpha value is -2.73. The number of methoxy groups -OCH3 is 1. The molecule has 6 heteroatoms. The molecule has 0 radical (unpaired) electrons. The number of nitrogens with one attached hydrogen (secondary N) is 1. The molecule has 0 aromatic heterocycles. The quantitative estimate of drug-likeness (QED) is 0.720. The smallest absolute Gasteiger partial charge is 0.323 e. The van der Waals surface area contributed by atoms with Crippen LogP contribution in [0.5, 0.6) is 0 Å². The Bertz CT molecular complexity index is 820. The van der Waals surface area contributed by atoms with Crippen LogP contribution < -0.4 is 11.1 Å². The molecule has 0 heterocycles. The molecule has 0 saturated heterocycles. The second kappa shape index (κ2) is 6.41. The second-order valence-corrected chi connectivity index (χ2v) is 5.73.